The van der Waals surface area contributed by atoms with Gasteiger partial charge < -0.3 is 14.6 Å². The molecular formula is C14H18FN3O. The highest BCUT2D eigenvalue weighted by Crippen LogP contribution is 2.22. The van der Waals surface area contributed by atoms with Crippen LogP contribution in [-0.2, 0) is 4.74 Å². The molecule has 0 aliphatic rings. The number of ether oxygens (including phenoxy) is 1. The first-order valence-electron chi connectivity index (χ1n) is 6.16. The molecule has 1 aromatic carbocycles. The summed E-state index contributed by atoms with van der Waals surface area (Å²) in [5, 5.41) is 3.01. The molecule has 2 aromatic rings. The number of methoxy groups -OCH3 is 1. The van der Waals surface area contributed by atoms with Gasteiger partial charge in [0, 0.05) is 19.5 Å². The minimum atomic E-state index is -0.283. The number of benzene rings is 1. The summed E-state index contributed by atoms with van der Waals surface area (Å²) in [5.41, 5.74) is 1.31. The van der Waals surface area contributed by atoms with E-state index in [1.165, 1.54) is 6.07 Å². The van der Waals surface area contributed by atoms with Crippen molar-refractivity contribution in [1.82, 2.24) is 9.55 Å². The smallest absolute Gasteiger partial charge is 0.207 e. The van der Waals surface area contributed by atoms with Crippen LogP contribution in [0.5, 0.6) is 0 Å². The second-order valence-corrected chi connectivity index (χ2v) is 4.57. The van der Waals surface area contributed by atoms with Gasteiger partial charge in [-0.1, -0.05) is 6.07 Å². The maximum atomic E-state index is 13.8. The summed E-state index contributed by atoms with van der Waals surface area (Å²) in [5.74, 6) is 0.321. The van der Waals surface area contributed by atoms with Crippen molar-refractivity contribution in [3.63, 3.8) is 0 Å². The van der Waals surface area contributed by atoms with Crippen LogP contribution in [0.15, 0.2) is 30.6 Å². The van der Waals surface area contributed by atoms with Gasteiger partial charge in [0.1, 0.15) is 5.82 Å². The summed E-state index contributed by atoms with van der Waals surface area (Å²) < 4.78 is 20.8. The largest absolute Gasteiger partial charge is 0.383 e. The molecule has 1 aromatic heterocycles. The van der Waals surface area contributed by atoms with Crippen molar-refractivity contribution in [2.24, 2.45) is 0 Å². The van der Waals surface area contributed by atoms with Crippen LogP contribution in [0, 0.1) is 12.7 Å². The molecule has 0 saturated carbocycles. The highest BCUT2D eigenvalue weighted by molar-refractivity contribution is 5.55. The summed E-state index contributed by atoms with van der Waals surface area (Å²) in [6.45, 7) is 4.44. The number of aromatic nitrogens is 2. The Labute approximate surface area is 112 Å². The van der Waals surface area contributed by atoms with Gasteiger partial charge in [0.15, 0.2) is 0 Å². The number of halogens is 1. The molecule has 1 N–H and O–H groups in total. The standard InChI is InChI=1S/C14H18FN3O/c1-10-4-5-13(12(15)8-10)17-14-16-6-7-18(14)11(2)9-19-3/h4-8,11H,9H2,1-3H3,(H,16,17). The first-order valence-corrected chi connectivity index (χ1v) is 6.16. The molecule has 4 nitrogen and oxygen atoms in total. The molecule has 0 fully saturated rings. The lowest BCUT2D eigenvalue weighted by Crippen LogP contribution is -2.13. The predicted molar refractivity (Wildman–Crippen MR) is 73.2 cm³/mol. The Bertz CT molecular complexity index is 553. The molecule has 0 saturated heterocycles. The van der Waals surface area contributed by atoms with Gasteiger partial charge in [0.25, 0.3) is 0 Å². The summed E-state index contributed by atoms with van der Waals surface area (Å²) in [4.78, 5) is 4.21. The third kappa shape index (κ3) is 3.12. The van der Waals surface area contributed by atoms with Crippen LogP contribution < -0.4 is 5.32 Å². The Morgan fingerprint density at radius 3 is 2.95 bits per heavy atom. The van der Waals surface area contributed by atoms with Crippen LogP contribution in [-0.4, -0.2) is 23.3 Å². The molecule has 1 atom stereocenters. The van der Waals surface area contributed by atoms with Gasteiger partial charge in [-0.25, -0.2) is 9.37 Å². The van der Waals surface area contributed by atoms with Gasteiger partial charge in [-0.15, -0.1) is 0 Å². The van der Waals surface area contributed by atoms with Crippen LogP contribution in [0.4, 0.5) is 16.0 Å². The van der Waals surface area contributed by atoms with E-state index in [-0.39, 0.29) is 11.9 Å². The first-order chi connectivity index (χ1) is 9.11. The SMILES string of the molecule is COCC(C)n1ccnc1Nc1ccc(C)cc1F. The maximum Gasteiger partial charge on any atom is 0.207 e. The number of hydrogen-bond donors (Lipinski definition) is 1. The van der Waals surface area contributed by atoms with Gasteiger partial charge >= 0.3 is 0 Å². The average Bonchev–Trinajstić information content (AvgIpc) is 2.81. The Hall–Kier alpha value is -1.88. The highest BCUT2D eigenvalue weighted by Gasteiger charge is 2.11. The van der Waals surface area contributed by atoms with E-state index in [1.54, 1.807) is 19.4 Å². The van der Waals surface area contributed by atoms with Crippen LogP contribution in [0.1, 0.15) is 18.5 Å². The molecule has 2 rings (SSSR count). The zero-order valence-electron chi connectivity index (χ0n) is 11.4. The molecule has 19 heavy (non-hydrogen) atoms. The fraction of sp³-hybridized carbons (Fsp3) is 0.357. The molecule has 0 aliphatic heterocycles. The van der Waals surface area contributed by atoms with Gasteiger partial charge in [-0.05, 0) is 31.5 Å². The van der Waals surface area contributed by atoms with E-state index in [0.717, 1.165) is 5.56 Å². The number of aryl methyl sites for hydroxylation is 1. The van der Waals surface area contributed by atoms with Gasteiger partial charge in [0.05, 0.1) is 18.3 Å². The molecule has 1 unspecified atom stereocenters. The molecule has 1 heterocycles. The Balaban J connectivity index is 2.21. The molecule has 102 valence electrons. The van der Waals surface area contributed by atoms with E-state index in [0.29, 0.717) is 18.2 Å². The number of anilines is 2. The number of rotatable bonds is 5. The number of nitrogens with zero attached hydrogens (tertiary/aromatic N) is 2. The molecule has 0 spiro atoms. The van der Waals surface area contributed by atoms with Gasteiger partial charge in [0.2, 0.25) is 5.95 Å². The van der Waals surface area contributed by atoms with Crippen LogP contribution in [0.2, 0.25) is 0 Å². The lowest BCUT2D eigenvalue weighted by Gasteiger charge is -2.16. The van der Waals surface area contributed by atoms with Crippen LogP contribution >= 0.6 is 0 Å². The van der Waals surface area contributed by atoms with Crippen molar-refractivity contribution in [1.29, 1.82) is 0 Å². The highest BCUT2D eigenvalue weighted by atomic mass is 19.1. The summed E-state index contributed by atoms with van der Waals surface area (Å²) in [6, 6.07) is 5.19. The van der Waals surface area contributed by atoms with E-state index >= 15 is 0 Å². The number of imidazole rings is 1. The minimum absolute atomic E-state index is 0.128. The zero-order valence-corrected chi connectivity index (χ0v) is 11.4. The van der Waals surface area contributed by atoms with Crippen LogP contribution in [0.3, 0.4) is 0 Å². The predicted octanol–water partition coefficient (Wildman–Crippen LogP) is 3.28. The van der Waals surface area contributed by atoms with Crippen molar-refractivity contribution in [3.8, 4) is 0 Å². The lowest BCUT2D eigenvalue weighted by molar-refractivity contribution is 0.163. The summed E-state index contributed by atoms with van der Waals surface area (Å²) >= 11 is 0. The van der Waals surface area contributed by atoms with E-state index in [9.17, 15) is 4.39 Å². The molecule has 0 amide bonds. The Morgan fingerprint density at radius 2 is 2.26 bits per heavy atom. The van der Waals surface area contributed by atoms with Crippen molar-refractivity contribution in [2.75, 3.05) is 19.0 Å². The Morgan fingerprint density at radius 1 is 1.47 bits per heavy atom. The van der Waals surface area contributed by atoms with E-state index in [2.05, 4.69) is 10.3 Å². The van der Waals surface area contributed by atoms with Crippen molar-refractivity contribution in [3.05, 3.63) is 42.0 Å². The summed E-state index contributed by atoms with van der Waals surface area (Å²) in [6.07, 6.45) is 3.53. The summed E-state index contributed by atoms with van der Waals surface area (Å²) in [7, 11) is 1.65. The molecule has 0 bridgehead atoms. The number of hydrogen-bond acceptors (Lipinski definition) is 3. The molecular weight excluding hydrogens is 245 g/mol. The molecule has 0 radical (unpaired) electrons. The van der Waals surface area contributed by atoms with Crippen molar-refractivity contribution in [2.45, 2.75) is 19.9 Å². The zero-order chi connectivity index (χ0) is 13.8. The van der Waals surface area contributed by atoms with Gasteiger partial charge in [-0.3, -0.25) is 0 Å². The third-order valence-electron chi connectivity index (χ3n) is 2.92. The second-order valence-electron chi connectivity index (χ2n) is 4.57. The molecule has 5 heteroatoms. The monoisotopic (exact) mass is 263 g/mol. The minimum Gasteiger partial charge on any atom is -0.383 e. The normalized spacial score (nSPS) is 12.4. The van der Waals surface area contributed by atoms with Crippen molar-refractivity contribution >= 4 is 11.6 Å². The molecule has 0 aliphatic carbocycles. The van der Waals surface area contributed by atoms with Gasteiger partial charge in [-0.2, -0.15) is 0 Å². The average molecular weight is 263 g/mol. The van der Waals surface area contributed by atoms with E-state index < -0.39 is 0 Å². The third-order valence-corrected chi connectivity index (χ3v) is 2.92. The van der Waals surface area contributed by atoms with E-state index in [4.69, 9.17) is 4.74 Å². The topological polar surface area (TPSA) is 39.1 Å². The van der Waals surface area contributed by atoms with Crippen LogP contribution in [0.25, 0.3) is 0 Å². The maximum absolute atomic E-state index is 13.8. The fourth-order valence-electron chi connectivity index (χ4n) is 1.93. The van der Waals surface area contributed by atoms with Crippen molar-refractivity contribution < 1.29 is 9.13 Å². The second kappa shape index (κ2) is 5.84. The number of nitrogens with one attached hydrogen (secondary N) is 1. The first kappa shape index (κ1) is 13.5. The lowest BCUT2D eigenvalue weighted by atomic mass is 10.2. The Kier molecular flexibility index (Phi) is 4.16. The fourth-order valence-corrected chi connectivity index (χ4v) is 1.93. The quantitative estimate of drug-likeness (QED) is 0.899. The van der Waals surface area contributed by atoms with E-state index in [1.807, 2.05) is 30.7 Å².